The van der Waals surface area contributed by atoms with E-state index >= 15 is 0 Å². The molecule has 0 spiro atoms. The van der Waals surface area contributed by atoms with Crippen molar-refractivity contribution in [1.82, 2.24) is 4.90 Å². The largest absolute Gasteiger partial charge is 0.445 e. The van der Waals surface area contributed by atoms with Crippen molar-refractivity contribution < 1.29 is 17.9 Å². The minimum absolute atomic E-state index is 0.0151. The average Bonchev–Trinajstić information content (AvgIpc) is 2.54. The van der Waals surface area contributed by atoms with E-state index in [1.807, 2.05) is 37.3 Å². The lowest BCUT2D eigenvalue weighted by molar-refractivity contribution is 0.0746. The van der Waals surface area contributed by atoms with Crippen molar-refractivity contribution in [3.63, 3.8) is 0 Å². The number of ether oxygens (including phenoxy) is 1. The van der Waals surface area contributed by atoms with Crippen molar-refractivity contribution in [1.29, 1.82) is 0 Å². The van der Waals surface area contributed by atoms with E-state index in [2.05, 4.69) is 0 Å². The van der Waals surface area contributed by atoms with Gasteiger partial charge in [-0.25, -0.2) is 18.4 Å². The molecule has 0 unspecified atom stereocenters. The first-order chi connectivity index (χ1) is 10.9. The van der Waals surface area contributed by atoms with E-state index in [0.717, 1.165) is 5.56 Å². The Morgan fingerprint density at radius 2 is 1.83 bits per heavy atom. The van der Waals surface area contributed by atoms with Crippen molar-refractivity contribution in [3.8, 4) is 0 Å². The molecule has 7 heteroatoms. The molecule has 0 aliphatic heterocycles. The Bertz CT molecular complexity index is 610. The summed E-state index contributed by atoms with van der Waals surface area (Å²) in [7, 11) is -3.48. The number of sulfonamides is 1. The van der Waals surface area contributed by atoms with Crippen LogP contribution in [-0.2, 0) is 21.4 Å². The summed E-state index contributed by atoms with van der Waals surface area (Å²) < 4.78 is 28.2. The van der Waals surface area contributed by atoms with Crippen LogP contribution in [0.3, 0.4) is 0 Å². The molecule has 1 aliphatic rings. The SMILES string of the molecule is CCN(C(=O)OCc1ccccc1)C1CCC(S(N)(=O)=O)CC1. The van der Waals surface area contributed by atoms with Gasteiger partial charge in [0.25, 0.3) is 0 Å². The zero-order valence-corrected chi connectivity index (χ0v) is 14.2. The first-order valence-corrected chi connectivity index (χ1v) is 9.51. The molecular formula is C16H24N2O4S. The second-order valence-electron chi connectivity index (χ2n) is 5.85. The number of amides is 1. The second kappa shape index (κ2) is 7.79. The van der Waals surface area contributed by atoms with Crippen LogP contribution in [0.1, 0.15) is 38.2 Å². The van der Waals surface area contributed by atoms with Gasteiger partial charge in [0.2, 0.25) is 10.0 Å². The van der Waals surface area contributed by atoms with Gasteiger partial charge in [-0.1, -0.05) is 30.3 Å². The molecule has 0 heterocycles. The van der Waals surface area contributed by atoms with Crippen molar-refractivity contribution in [2.45, 2.75) is 50.5 Å². The van der Waals surface area contributed by atoms with Gasteiger partial charge in [-0.05, 0) is 38.2 Å². The van der Waals surface area contributed by atoms with Crippen LogP contribution >= 0.6 is 0 Å². The highest BCUT2D eigenvalue weighted by Gasteiger charge is 2.32. The monoisotopic (exact) mass is 340 g/mol. The molecular weight excluding hydrogens is 316 g/mol. The van der Waals surface area contributed by atoms with E-state index in [1.165, 1.54) is 0 Å². The zero-order valence-electron chi connectivity index (χ0n) is 13.3. The number of nitrogens with zero attached hydrogens (tertiary/aromatic N) is 1. The van der Waals surface area contributed by atoms with Crippen LogP contribution in [0, 0.1) is 0 Å². The van der Waals surface area contributed by atoms with Gasteiger partial charge < -0.3 is 9.64 Å². The third-order valence-corrected chi connectivity index (χ3v) is 5.73. The van der Waals surface area contributed by atoms with E-state index in [4.69, 9.17) is 9.88 Å². The Labute approximate surface area is 137 Å². The fourth-order valence-electron chi connectivity index (χ4n) is 3.02. The topological polar surface area (TPSA) is 89.7 Å². The molecule has 1 aromatic carbocycles. The van der Waals surface area contributed by atoms with Gasteiger partial charge in [0.1, 0.15) is 6.61 Å². The summed E-state index contributed by atoms with van der Waals surface area (Å²) in [5, 5.41) is 4.71. The molecule has 0 bridgehead atoms. The van der Waals surface area contributed by atoms with E-state index in [1.54, 1.807) is 4.90 Å². The predicted octanol–water partition coefficient (Wildman–Crippen LogP) is 2.24. The lowest BCUT2D eigenvalue weighted by Gasteiger charge is -2.35. The van der Waals surface area contributed by atoms with Crippen LogP contribution in [0.2, 0.25) is 0 Å². The lowest BCUT2D eigenvalue weighted by Crippen LogP contribution is -2.44. The Morgan fingerprint density at radius 1 is 1.22 bits per heavy atom. The molecule has 1 aromatic rings. The fraction of sp³-hybridized carbons (Fsp3) is 0.562. The van der Waals surface area contributed by atoms with Crippen LogP contribution in [0.15, 0.2) is 30.3 Å². The fourth-order valence-corrected chi connectivity index (χ4v) is 3.95. The summed E-state index contributed by atoms with van der Waals surface area (Å²) in [6.45, 7) is 2.68. The van der Waals surface area contributed by atoms with Gasteiger partial charge in [0.05, 0.1) is 5.25 Å². The number of carbonyl (C=O) groups excluding carboxylic acids is 1. The molecule has 1 saturated carbocycles. The number of benzene rings is 1. The molecule has 1 aliphatic carbocycles. The summed E-state index contributed by atoms with van der Waals surface area (Å²) >= 11 is 0. The highest BCUT2D eigenvalue weighted by Crippen LogP contribution is 2.27. The summed E-state index contributed by atoms with van der Waals surface area (Å²) in [5.74, 6) is 0. The van der Waals surface area contributed by atoms with Crippen molar-refractivity contribution >= 4 is 16.1 Å². The van der Waals surface area contributed by atoms with Crippen molar-refractivity contribution in [2.75, 3.05) is 6.54 Å². The summed E-state index contributed by atoms with van der Waals surface area (Å²) in [4.78, 5) is 14.0. The maximum Gasteiger partial charge on any atom is 0.410 e. The van der Waals surface area contributed by atoms with Crippen LogP contribution < -0.4 is 5.14 Å². The number of hydrogen-bond donors (Lipinski definition) is 1. The number of carbonyl (C=O) groups is 1. The smallest absolute Gasteiger partial charge is 0.410 e. The molecule has 23 heavy (non-hydrogen) atoms. The summed E-state index contributed by atoms with van der Waals surface area (Å²) in [6, 6.07) is 9.53. The van der Waals surface area contributed by atoms with Crippen molar-refractivity contribution in [2.24, 2.45) is 5.14 Å². The average molecular weight is 340 g/mol. The molecule has 6 nitrogen and oxygen atoms in total. The maximum absolute atomic E-state index is 12.3. The second-order valence-corrected chi connectivity index (χ2v) is 7.69. The third-order valence-electron chi connectivity index (χ3n) is 4.33. The number of hydrogen-bond acceptors (Lipinski definition) is 4. The molecule has 0 saturated heterocycles. The molecule has 0 radical (unpaired) electrons. The van der Waals surface area contributed by atoms with E-state index < -0.39 is 15.3 Å². The molecule has 0 aromatic heterocycles. The quantitative estimate of drug-likeness (QED) is 0.890. The van der Waals surface area contributed by atoms with Gasteiger partial charge in [0.15, 0.2) is 0 Å². The molecule has 1 fully saturated rings. The molecule has 2 N–H and O–H groups in total. The van der Waals surface area contributed by atoms with Crippen LogP contribution in [0.25, 0.3) is 0 Å². The third kappa shape index (κ3) is 4.94. The number of rotatable bonds is 5. The lowest BCUT2D eigenvalue weighted by atomic mass is 9.94. The van der Waals surface area contributed by atoms with E-state index in [-0.39, 0.29) is 18.7 Å². The Kier molecular flexibility index (Phi) is 6.01. The van der Waals surface area contributed by atoms with Crippen molar-refractivity contribution in [3.05, 3.63) is 35.9 Å². The van der Waals surface area contributed by atoms with E-state index in [9.17, 15) is 13.2 Å². The van der Waals surface area contributed by atoms with Crippen LogP contribution in [0.5, 0.6) is 0 Å². The van der Waals surface area contributed by atoms with Gasteiger partial charge in [0, 0.05) is 12.6 Å². The molecule has 128 valence electrons. The summed E-state index contributed by atoms with van der Waals surface area (Å²) in [6.07, 6.45) is 1.90. The van der Waals surface area contributed by atoms with Gasteiger partial charge in [-0.15, -0.1) is 0 Å². The zero-order chi connectivity index (χ0) is 16.9. The van der Waals surface area contributed by atoms with Gasteiger partial charge >= 0.3 is 6.09 Å². The summed E-state index contributed by atoms with van der Waals surface area (Å²) in [5.41, 5.74) is 0.940. The normalized spacial score (nSPS) is 21.7. The number of primary sulfonamides is 1. The first kappa shape index (κ1) is 17.7. The highest BCUT2D eigenvalue weighted by molar-refractivity contribution is 7.89. The minimum Gasteiger partial charge on any atom is -0.445 e. The number of nitrogens with two attached hydrogens (primary N) is 1. The minimum atomic E-state index is -3.48. The van der Waals surface area contributed by atoms with Crippen LogP contribution in [0.4, 0.5) is 4.79 Å². The molecule has 1 amide bonds. The van der Waals surface area contributed by atoms with Gasteiger partial charge in [-0.2, -0.15) is 0 Å². The Hall–Kier alpha value is -1.60. The van der Waals surface area contributed by atoms with Gasteiger partial charge in [-0.3, -0.25) is 0 Å². The molecule has 0 atom stereocenters. The first-order valence-electron chi connectivity index (χ1n) is 7.90. The maximum atomic E-state index is 12.3. The van der Waals surface area contributed by atoms with Crippen LogP contribution in [-0.4, -0.2) is 37.2 Å². The molecule has 2 rings (SSSR count). The highest BCUT2D eigenvalue weighted by atomic mass is 32.2. The predicted molar refractivity (Wildman–Crippen MR) is 88.2 cm³/mol. The van der Waals surface area contributed by atoms with E-state index in [0.29, 0.717) is 32.2 Å². The Balaban J connectivity index is 1.88. The Morgan fingerprint density at radius 3 is 2.35 bits per heavy atom. The standard InChI is InChI=1S/C16H24N2O4S/c1-2-18(14-8-10-15(11-9-14)23(17,20)21)16(19)22-12-13-6-4-3-5-7-13/h3-7,14-15H,2,8-12H2,1H3,(H2,17,20,21).